The molecule has 0 bridgehead atoms. The number of nitrogens with one attached hydrogen (secondary N) is 1. The Bertz CT molecular complexity index is 598. The molecule has 1 N–H and O–H groups in total. The Morgan fingerprint density at radius 3 is 2.57 bits per heavy atom. The highest BCUT2D eigenvalue weighted by Gasteiger charge is 2.15. The highest BCUT2D eigenvalue weighted by Crippen LogP contribution is 2.32. The zero-order chi connectivity index (χ0) is 15.2. The van der Waals surface area contributed by atoms with Crippen molar-refractivity contribution < 1.29 is 9.13 Å². The Labute approximate surface area is 126 Å². The van der Waals surface area contributed by atoms with Crippen molar-refractivity contribution >= 4 is 0 Å². The summed E-state index contributed by atoms with van der Waals surface area (Å²) in [5, 5.41) is 3.43. The SMILES string of the molecule is CCNC(CC)c1ccccc1Oc1cc(C)ccc1F. The first kappa shape index (κ1) is 15.5. The minimum Gasteiger partial charge on any atom is -0.454 e. The lowest BCUT2D eigenvalue weighted by Gasteiger charge is -2.20. The topological polar surface area (TPSA) is 21.3 Å². The molecule has 1 atom stereocenters. The van der Waals surface area contributed by atoms with Gasteiger partial charge in [-0.15, -0.1) is 0 Å². The van der Waals surface area contributed by atoms with Crippen LogP contribution in [0.3, 0.4) is 0 Å². The van der Waals surface area contributed by atoms with Crippen molar-refractivity contribution in [2.24, 2.45) is 0 Å². The zero-order valence-electron chi connectivity index (χ0n) is 12.8. The summed E-state index contributed by atoms with van der Waals surface area (Å²) in [5.74, 6) is 0.635. The highest BCUT2D eigenvalue weighted by atomic mass is 19.1. The van der Waals surface area contributed by atoms with Crippen LogP contribution in [0, 0.1) is 12.7 Å². The van der Waals surface area contributed by atoms with E-state index in [4.69, 9.17) is 4.74 Å². The van der Waals surface area contributed by atoms with Gasteiger partial charge < -0.3 is 10.1 Å². The maximum absolute atomic E-state index is 13.9. The van der Waals surface area contributed by atoms with Crippen LogP contribution in [0.4, 0.5) is 4.39 Å². The van der Waals surface area contributed by atoms with Gasteiger partial charge in [0.05, 0.1) is 0 Å². The van der Waals surface area contributed by atoms with E-state index in [1.54, 1.807) is 12.1 Å². The lowest BCUT2D eigenvalue weighted by atomic mass is 10.0. The molecule has 0 aliphatic carbocycles. The van der Waals surface area contributed by atoms with E-state index >= 15 is 0 Å². The van der Waals surface area contributed by atoms with E-state index in [0.29, 0.717) is 5.75 Å². The van der Waals surface area contributed by atoms with Crippen LogP contribution in [0.1, 0.15) is 37.4 Å². The van der Waals surface area contributed by atoms with Gasteiger partial charge in [-0.3, -0.25) is 0 Å². The van der Waals surface area contributed by atoms with Gasteiger partial charge in [-0.25, -0.2) is 4.39 Å². The van der Waals surface area contributed by atoms with Crippen LogP contribution in [-0.4, -0.2) is 6.54 Å². The zero-order valence-corrected chi connectivity index (χ0v) is 12.8. The number of para-hydroxylation sites is 1. The van der Waals surface area contributed by atoms with Crippen LogP contribution in [0.15, 0.2) is 42.5 Å². The highest BCUT2D eigenvalue weighted by molar-refractivity contribution is 5.41. The Hall–Kier alpha value is -1.87. The molecular weight excluding hydrogens is 265 g/mol. The van der Waals surface area contributed by atoms with Crippen LogP contribution in [0.25, 0.3) is 0 Å². The van der Waals surface area contributed by atoms with Crippen molar-refractivity contribution in [1.29, 1.82) is 0 Å². The van der Waals surface area contributed by atoms with Gasteiger partial charge in [-0.2, -0.15) is 0 Å². The van der Waals surface area contributed by atoms with Gasteiger partial charge in [0.1, 0.15) is 5.75 Å². The molecule has 2 rings (SSSR count). The minimum absolute atomic E-state index is 0.207. The van der Waals surface area contributed by atoms with Crippen molar-refractivity contribution in [3.8, 4) is 11.5 Å². The Morgan fingerprint density at radius 1 is 1.10 bits per heavy atom. The minimum atomic E-state index is -0.341. The van der Waals surface area contributed by atoms with Crippen LogP contribution < -0.4 is 10.1 Å². The van der Waals surface area contributed by atoms with Crippen molar-refractivity contribution in [2.45, 2.75) is 33.2 Å². The van der Waals surface area contributed by atoms with E-state index in [-0.39, 0.29) is 17.6 Å². The fourth-order valence-electron chi connectivity index (χ4n) is 2.39. The van der Waals surface area contributed by atoms with Crippen molar-refractivity contribution in [3.05, 3.63) is 59.4 Å². The maximum Gasteiger partial charge on any atom is 0.165 e. The van der Waals surface area contributed by atoms with Crippen molar-refractivity contribution in [2.75, 3.05) is 6.54 Å². The molecule has 2 nitrogen and oxygen atoms in total. The molecular formula is C18H22FNO. The molecule has 1 unspecified atom stereocenters. The fraction of sp³-hybridized carbons (Fsp3) is 0.333. The molecule has 2 aromatic carbocycles. The van der Waals surface area contributed by atoms with Crippen LogP contribution in [-0.2, 0) is 0 Å². The van der Waals surface area contributed by atoms with E-state index in [1.807, 2.05) is 31.2 Å². The summed E-state index contributed by atoms with van der Waals surface area (Å²) in [6, 6.07) is 12.9. The summed E-state index contributed by atoms with van der Waals surface area (Å²) >= 11 is 0. The Morgan fingerprint density at radius 2 is 1.86 bits per heavy atom. The summed E-state index contributed by atoms with van der Waals surface area (Å²) in [5.41, 5.74) is 2.03. The predicted octanol–water partition coefficient (Wildman–Crippen LogP) is 4.99. The first-order chi connectivity index (χ1) is 10.2. The summed E-state index contributed by atoms with van der Waals surface area (Å²) in [6.07, 6.45) is 0.949. The molecule has 3 heteroatoms. The number of aryl methyl sites for hydroxylation is 1. The standard InChI is InChI=1S/C18H22FNO/c1-4-16(20-5-2)14-8-6-7-9-17(14)21-18-12-13(3)10-11-15(18)19/h6-12,16,20H,4-5H2,1-3H3. The molecule has 0 aromatic heterocycles. The molecule has 0 heterocycles. The van der Waals surface area contributed by atoms with Crippen LogP contribution in [0.2, 0.25) is 0 Å². The van der Waals surface area contributed by atoms with Gasteiger partial charge in [0.15, 0.2) is 11.6 Å². The molecule has 0 aliphatic rings. The molecule has 112 valence electrons. The van der Waals surface area contributed by atoms with Crippen LogP contribution in [0.5, 0.6) is 11.5 Å². The van der Waals surface area contributed by atoms with E-state index in [0.717, 1.165) is 24.1 Å². The Kier molecular flexibility index (Phi) is 5.34. The lowest BCUT2D eigenvalue weighted by Crippen LogP contribution is -2.20. The number of halogens is 1. The second kappa shape index (κ2) is 7.23. The maximum atomic E-state index is 13.9. The van der Waals surface area contributed by atoms with Gasteiger partial charge >= 0.3 is 0 Å². The normalized spacial score (nSPS) is 12.2. The molecule has 0 aliphatic heterocycles. The summed E-state index contributed by atoms with van der Waals surface area (Å²) in [7, 11) is 0. The second-order valence-electron chi connectivity index (χ2n) is 5.09. The predicted molar refractivity (Wildman–Crippen MR) is 84.4 cm³/mol. The van der Waals surface area contributed by atoms with Gasteiger partial charge in [-0.05, 0) is 43.7 Å². The molecule has 0 saturated carbocycles. The van der Waals surface area contributed by atoms with Crippen molar-refractivity contribution in [1.82, 2.24) is 5.32 Å². The third-order valence-electron chi connectivity index (χ3n) is 3.46. The third kappa shape index (κ3) is 3.82. The number of hydrogen-bond acceptors (Lipinski definition) is 2. The molecule has 0 spiro atoms. The quantitative estimate of drug-likeness (QED) is 0.808. The van der Waals surface area contributed by atoms with E-state index in [2.05, 4.69) is 19.2 Å². The van der Waals surface area contributed by atoms with E-state index < -0.39 is 0 Å². The molecule has 0 amide bonds. The lowest BCUT2D eigenvalue weighted by molar-refractivity contribution is 0.424. The molecule has 0 saturated heterocycles. The van der Waals surface area contributed by atoms with Gasteiger partial charge in [0.2, 0.25) is 0 Å². The van der Waals surface area contributed by atoms with E-state index in [9.17, 15) is 4.39 Å². The number of benzene rings is 2. The Balaban J connectivity index is 2.33. The van der Waals surface area contributed by atoms with Gasteiger partial charge in [0, 0.05) is 11.6 Å². The summed E-state index contributed by atoms with van der Waals surface area (Å²) in [6.45, 7) is 7.00. The second-order valence-corrected chi connectivity index (χ2v) is 5.09. The average Bonchev–Trinajstić information content (AvgIpc) is 2.49. The third-order valence-corrected chi connectivity index (χ3v) is 3.46. The van der Waals surface area contributed by atoms with Gasteiger partial charge in [-0.1, -0.05) is 38.1 Å². The average molecular weight is 287 g/mol. The number of rotatable bonds is 6. The molecule has 21 heavy (non-hydrogen) atoms. The first-order valence-electron chi connectivity index (χ1n) is 7.42. The molecule has 0 radical (unpaired) electrons. The van der Waals surface area contributed by atoms with Crippen molar-refractivity contribution in [3.63, 3.8) is 0 Å². The molecule has 0 fully saturated rings. The summed E-state index contributed by atoms with van der Waals surface area (Å²) in [4.78, 5) is 0. The summed E-state index contributed by atoms with van der Waals surface area (Å²) < 4.78 is 19.7. The largest absolute Gasteiger partial charge is 0.454 e. The molecule has 2 aromatic rings. The van der Waals surface area contributed by atoms with Gasteiger partial charge in [0.25, 0.3) is 0 Å². The number of ether oxygens (including phenoxy) is 1. The fourth-order valence-corrected chi connectivity index (χ4v) is 2.39. The first-order valence-corrected chi connectivity index (χ1v) is 7.42. The monoisotopic (exact) mass is 287 g/mol. The van der Waals surface area contributed by atoms with Crippen LogP contribution >= 0.6 is 0 Å². The smallest absolute Gasteiger partial charge is 0.165 e. The van der Waals surface area contributed by atoms with E-state index in [1.165, 1.54) is 6.07 Å². The number of hydrogen-bond donors (Lipinski definition) is 1.